The molecule has 0 saturated carbocycles. The van der Waals surface area contributed by atoms with E-state index in [0.29, 0.717) is 20.5 Å². The second-order valence-electron chi connectivity index (χ2n) is 4.28. The van der Waals surface area contributed by atoms with Crippen LogP contribution in [-0.4, -0.2) is 47.0 Å². The predicted molar refractivity (Wildman–Crippen MR) is 86.6 cm³/mol. The molecule has 1 amide bonds. The maximum absolute atomic E-state index is 12.3. The van der Waals surface area contributed by atoms with Crippen LogP contribution in [-0.2, 0) is 14.3 Å². The lowest BCUT2D eigenvalue weighted by molar-refractivity contribution is -0.143. The monoisotopic (exact) mass is 339 g/mol. The summed E-state index contributed by atoms with van der Waals surface area (Å²) in [6.07, 6.45) is 1.62. The average molecular weight is 339 g/mol. The fourth-order valence-electron chi connectivity index (χ4n) is 1.77. The van der Waals surface area contributed by atoms with Crippen molar-refractivity contribution in [2.45, 2.75) is 0 Å². The Morgan fingerprint density at radius 2 is 2.18 bits per heavy atom. The molecule has 2 rings (SSSR count). The lowest BCUT2D eigenvalue weighted by Gasteiger charge is -2.11. The van der Waals surface area contributed by atoms with Crippen molar-refractivity contribution in [1.29, 1.82) is 0 Å². The van der Waals surface area contributed by atoms with E-state index in [0.717, 1.165) is 11.8 Å². The van der Waals surface area contributed by atoms with Crippen LogP contribution >= 0.6 is 24.0 Å². The van der Waals surface area contributed by atoms with E-state index in [9.17, 15) is 14.7 Å². The van der Waals surface area contributed by atoms with E-state index in [1.165, 1.54) is 25.2 Å². The van der Waals surface area contributed by atoms with Crippen LogP contribution in [0.5, 0.6) is 11.5 Å². The molecular formula is C14H13NO5S2. The summed E-state index contributed by atoms with van der Waals surface area (Å²) in [6, 6.07) is 4.72. The number of hydrogen-bond acceptors (Lipinski definition) is 7. The van der Waals surface area contributed by atoms with Gasteiger partial charge in [0, 0.05) is 0 Å². The molecule has 1 saturated heterocycles. The van der Waals surface area contributed by atoms with Crippen LogP contribution in [0.3, 0.4) is 0 Å². The third kappa shape index (κ3) is 3.40. The summed E-state index contributed by atoms with van der Waals surface area (Å²) in [4.78, 5) is 25.1. The van der Waals surface area contributed by atoms with Crippen molar-refractivity contribution < 1.29 is 24.2 Å². The molecule has 0 radical (unpaired) electrons. The van der Waals surface area contributed by atoms with Gasteiger partial charge < -0.3 is 14.6 Å². The largest absolute Gasteiger partial charge is 0.504 e. The molecule has 1 aromatic rings. The summed E-state index contributed by atoms with van der Waals surface area (Å²) in [7, 11) is 2.69. The maximum atomic E-state index is 12.3. The average Bonchev–Trinajstić information content (AvgIpc) is 2.76. The van der Waals surface area contributed by atoms with Gasteiger partial charge in [-0.1, -0.05) is 30.0 Å². The second kappa shape index (κ2) is 6.80. The molecule has 1 aliphatic rings. The Morgan fingerprint density at radius 1 is 1.45 bits per heavy atom. The molecule has 1 N–H and O–H groups in total. The third-order valence-electron chi connectivity index (χ3n) is 2.89. The highest BCUT2D eigenvalue weighted by Gasteiger charge is 2.33. The van der Waals surface area contributed by atoms with E-state index in [4.69, 9.17) is 17.0 Å². The Kier molecular flexibility index (Phi) is 5.04. The number of aromatic hydroxyl groups is 1. The first-order valence-corrected chi connectivity index (χ1v) is 7.38. The molecule has 1 fully saturated rings. The molecule has 0 atom stereocenters. The number of carbonyl (C=O) groups excluding carboxylic acids is 2. The van der Waals surface area contributed by atoms with Gasteiger partial charge in [0.05, 0.1) is 19.1 Å². The van der Waals surface area contributed by atoms with Gasteiger partial charge in [-0.25, -0.2) is 0 Å². The summed E-state index contributed by atoms with van der Waals surface area (Å²) in [5.74, 6) is -0.576. The summed E-state index contributed by atoms with van der Waals surface area (Å²) in [5.41, 5.74) is 0.674. The van der Waals surface area contributed by atoms with E-state index in [2.05, 4.69) is 4.74 Å². The van der Waals surface area contributed by atoms with Gasteiger partial charge in [-0.2, -0.15) is 0 Å². The fourth-order valence-corrected chi connectivity index (χ4v) is 3.02. The minimum absolute atomic E-state index is 0.0119. The molecule has 0 bridgehead atoms. The Bertz CT molecular complexity index is 671. The first kappa shape index (κ1) is 16.3. The number of thioether (sulfide) groups is 1. The first-order chi connectivity index (χ1) is 10.5. The van der Waals surface area contributed by atoms with E-state index in [1.54, 1.807) is 18.2 Å². The molecule has 116 valence electrons. The number of rotatable bonds is 4. The van der Waals surface area contributed by atoms with E-state index in [-0.39, 0.29) is 18.2 Å². The Balaban J connectivity index is 2.24. The number of phenols is 1. The molecule has 1 aliphatic heterocycles. The van der Waals surface area contributed by atoms with Crippen molar-refractivity contribution >= 4 is 46.3 Å². The Hall–Kier alpha value is -2.06. The molecule has 22 heavy (non-hydrogen) atoms. The highest BCUT2D eigenvalue weighted by atomic mass is 32.2. The highest BCUT2D eigenvalue weighted by Crippen LogP contribution is 2.34. The van der Waals surface area contributed by atoms with Crippen molar-refractivity contribution in [1.82, 2.24) is 4.90 Å². The van der Waals surface area contributed by atoms with Gasteiger partial charge in [0.2, 0.25) is 0 Å². The van der Waals surface area contributed by atoms with Crippen LogP contribution in [0.1, 0.15) is 5.56 Å². The molecule has 6 nitrogen and oxygen atoms in total. The topological polar surface area (TPSA) is 76.1 Å². The molecule has 1 aromatic carbocycles. The SMILES string of the molecule is COC(=O)CN1C(=O)C(=Cc2ccc(O)c(OC)c2)SC1=S. The third-order valence-corrected chi connectivity index (χ3v) is 4.27. The van der Waals surface area contributed by atoms with Crippen LogP contribution in [0.2, 0.25) is 0 Å². The van der Waals surface area contributed by atoms with E-state index >= 15 is 0 Å². The van der Waals surface area contributed by atoms with Crippen molar-refractivity contribution in [2.75, 3.05) is 20.8 Å². The van der Waals surface area contributed by atoms with Gasteiger partial charge in [-0.05, 0) is 23.8 Å². The molecule has 0 unspecified atom stereocenters. The number of methoxy groups -OCH3 is 2. The number of amides is 1. The van der Waals surface area contributed by atoms with E-state index < -0.39 is 5.97 Å². The molecule has 8 heteroatoms. The van der Waals surface area contributed by atoms with Crippen molar-refractivity contribution in [3.8, 4) is 11.5 Å². The lowest BCUT2D eigenvalue weighted by atomic mass is 10.2. The normalized spacial score (nSPS) is 16.3. The van der Waals surface area contributed by atoms with Crippen LogP contribution in [0.15, 0.2) is 23.1 Å². The second-order valence-corrected chi connectivity index (χ2v) is 5.95. The van der Waals surface area contributed by atoms with Crippen LogP contribution in [0.4, 0.5) is 0 Å². The number of phenolic OH excluding ortho intramolecular Hbond substituents is 1. The minimum Gasteiger partial charge on any atom is -0.504 e. The zero-order chi connectivity index (χ0) is 16.3. The zero-order valence-corrected chi connectivity index (χ0v) is 13.5. The Labute approximate surface area is 136 Å². The van der Waals surface area contributed by atoms with Gasteiger partial charge in [0.1, 0.15) is 10.9 Å². The fraction of sp³-hybridized carbons (Fsp3) is 0.214. The minimum atomic E-state index is -0.538. The lowest BCUT2D eigenvalue weighted by Crippen LogP contribution is -2.33. The predicted octanol–water partition coefficient (Wildman–Crippen LogP) is 1.77. The van der Waals surface area contributed by atoms with Gasteiger partial charge >= 0.3 is 5.97 Å². The maximum Gasteiger partial charge on any atom is 0.325 e. The summed E-state index contributed by atoms with van der Waals surface area (Å²) >= 11 is 6.21. The zero-order valence-electron chi connectivity index (χ0n) is 11.9. The van der Waals surface area contributed by atoms with Crippen molar-refractivity contribution in [2.24, 2.45) is 0 Å². The smallest absolute Gasteiger partial charge is 0.325 e. The molecule has 1 heterocycles. The summed E-state index contributed by atoms with van der Waals surface area (Å²) < 4.78 is 9.86. The van der Waals surface area contributed by atoms with Gasteiger partial charge in [-0.3, -0.25) is 14.5 Å². The van der Waals surface area contributed by atoms with Gasteiger partial charge in [-0.15, -0.1) is 0 Å². The quantitative estimate of drug-likeness (QED) is 0.509. The van der Waals surface area contributed by atoms with E-state index in [1.807, 2.05) is 0 Å². The standard InChI is InChI=1S/C14H13NO5S2/c1-19-10-5-8(3-4-9(10)16)6-11-13(18)15(14(21)22-11)7-12(17)20-2/h3-6,16H,7H2,1-2H3. The van der Waals surface area contributed by atoms with Gasteiger partial charge in [0.25, 0.3) is 5.91 Å². The van der Waals surface area contributed by atoms with Crippen LogP contribution < -0.4 is 4.74 Å². The van der Waals surface area contributed by atoms with Crippen molar-refractivity contribution in [3.63, 3.8) is 0 Å². The number of esters is 1. The highest BCUT2D eigenvalue weighted by molar-refractivity contribution is 8.26. The van der Waals surface area contributed by atoms with Crippen molar-refractivity contribution in [3.05, 3.63) is 28.7 Å². The molecular weight excluding hydrogens is 326 g/mol. The number of hydrogen-bond donors (Lipinski definition) is 1. The number of ether oxygens (including phenoxy) is 2. The van der Waals surface area contributed by atoms with Crippen LogP contribution in [0.25, 0.3) is 6.08 Å². The van der Waals surface area contributed by atoms with Gasteiger partial charge in [0.15, 0.2) is 11.5 Å². The van der Waals surface area contributed by atoms with Crippen LogP contribution in [0, 0.1) is 0 Å². The Morgan fingerprint density at radius 3 is 2.82 bits per heavy atom. The summed E-state index contributed by atoms with van der Waals surface area (Å²) in [5, 5.41) is 9.56. The molecule has 0 aromatic heterocycles. The first-order valence-electron chi connectivity index (χ1n) is 6.15. The molecule has 0 spiro atoms. The number of thiocarbonyl (C=S) groups is 1. The number of benzene rings is 1. The molecule has 0 aliphatic carbocycles. The number of carbonyl (C=O) groups is 2. The summed E-state index contributed by atoms with van der Waals surface area (Å²) in [6.45, 7) is -0.211. The number of nitrogens with zero attached hydrogens (tertiary/aromatic N) is 1.